The van der Waals surface area contributed by atoms with Gasteiger partial charge in [0.15, 0.2) is 11.5 Å². The van der Waals surface area contributed by atoms with Gasteiger partial charge in [0.25, 0.3) is 0 Å². The Morgan fingerprint density at radius 2 is 1.83 bits per heavy atom. The second kappa shape index (κ2) is 6.60. The first kappa shape index (κ1) is 17.0. The van der Waals surface area contributed by atoms with Crippen LogP contribution in [0.25, 0.3) is 0 Å². The van der Waals surface area contributed by atoms with Gasteiger partial charge in [-0.15, -0.1) is 0 Å². The number of hydrogen-bond donors (Lipinski definition) is 1. The number of likely N-dealkylation sites (tertiary alicyclic amines) is 1. The third-order valence-corrected chi connectivity index (χ3v) is 5.73. The highest BCUT2D eigenvalue weighted by molar-refractivity contribution is 7.89. The summed E-state index contributed by atoms with van der Waals surface area (Å²) in [5.41, 5.74) is 0. The van der Waals surface area contributed by atoms with Crippen LogP contribution in [-0.4, -0.2) is 45.1 Å². The first-order valence-corrected chi connectivity index (χ1v) is 9.57. The van der Waals surface area contributed by atoms with Crippen molar-refractivity contribution in [1.29, 1.82) is 0 Å². The van der Waals surface area contributed by atoms with Crippen LogP contribution in [0.5, 0.6) is 11.5 Å². The molecule has 1 atom stereocenters. The third kappa shape index (κ3) is 3.34. The summed E-state index contributed by atoms with van der Waals surface area (Å²) in [5.74, 6) is 0.598. The van der Waals surface area contributed by atoms with E-state index in [2.05, 4.69) is 4.72 Å². The Morgan fingerprint density at radius 1 is 1.17 bits per heavy atom. The number of amides is 1. The molecule has 0 aliphatic carbocycles. The Hall–Kier alpha value is -1.80. The highest BCUT2D eigenvalue weighted by Gasteiger charge is 2.33. The average Bonchev–Trinajstić information content (AvgIpc) is 3.21. The molecule has 7 nitrogen and oxygen atoms in total. The molecular formula is C16H22N2O5S. The lowest BCUT2D eigenvalue weighted by Crippen LogP contribution is -2.50. The zero-order chi connectivity index (χ0) is 17.3. The molecule has 2 aliphatic rings. The van der Waals surface area contributed by atoms with E-state index in [1.54, 1.807) is 11.0 Å². The van der Waals surface area contributed by atoms with Crippen molar-refractivity contribution < 1.29 is 22.7 Å². The van der Waals surface area contributed by atoms with Crippen LogP contribution in [0.2, 0.25) is 0 Å². The quantitative estimate of drug-likeness (QED) is 0.862. The number of carbonyl (C=O) groups is 1. The van der Waals surface area contributed by atoms with E-state index < -0.39 is 16.1 Å². The first-order valence-electron chi connectivity index (χ1n) is 8.09. The number of hydrogen-bond acceptors (Lipinski definition) is 5. The van der Waals surface area contributed by atoms with Crippen LogP contribution < -0.4 is 14.2 Å². The van der Waals surface area contributed by atoms with E-state index >= 15 is 0 Å². The molecule has 0 unspecified atom stereocenters. The van der Waals surface area contributed by atoms with Gasteiger partial charge in [-0.05, 0) is 30.9 Å². The van der Waals surface area contributed by atoms with Gasteiger partial charge in [-0.1, -0.05) is 13.8 Å². The number of benzene rings is 1. The molecule has 1 N–H and O–H groups in total. The third-order valence-electron chi connectivity index (χ3n) is 4.29. The lowest BCUT2D eigenvalue weighted by atomic mass is 10.0. The predicted molar refractivity (Wildman–Crippen MR) is 87.3 cm³/mol. The summed E-state index contributed by atoms with van der Waals surface area (Å²) in [6.07, 6.45) is 1.93. The van der Waals surface area contributed by atoms with Gasteiger partial charge in [0, 0.05) is 19.2 Å². The molecule has 0 aromatic heterocycles. The van der Waals surface area contributed by atoms with Crippen molar-refractivity contribution in [3.8, 4) is 11.5 Å². The maximum absolute atomic E-state index is 12.7. The summed E-state index contributed by atoms with van der Waals surface area (Å²) in [7, 11) is -3.83. The molecular weight excluding hydrogens is 332 g/mol. The van der Waals surface area contributed by atoms with Gasteiger partial charge in [-0.2, -0.15) is 4.72 Å². The van der Waals surface area contributed by atoms with Crippen molar-refractivity contribution >= 4 is 15.9 Å². The van der Waals surface area contributed by atoms with E-state index in [1.165, 1.54) is 12.1 Å². The predicted octanol–water partition coefficient (Wildman–Crippen LogP) is 1.34. The molecule has 2 aliphatic heterocycles. The molecule has 2 heterocycles. The highest BCUT2D eigenvalue weighted by atomic mass is 32.2. The zero-order valence-corrected chi connectivity index (χ0v) is 14.6. The van der Waals surface area contributed by atoms with Crippen molar-refractivity contribution in [1.82, 2.24) is 9.62 Å². The largest absolute Gasteiger partial charge is 0.454 e. The van der Waals surface area contributed by atoms with Gasteiger partial charge >= 0.3 is 0 Å². The maximum Gasteiger partial charge on any atom is 0.241 e. The zero-order valence-electron chi connectivity index (χ0n) is 13.8. The molecule has 0 bridgehead atoms. The minimum Gasteiger partial charge on any atom is -0.454 e. The Kier molecular flexibility index (Phi) is 4.69. The van der Waals surface area contributed by atoms with Crippen molar-refractivity contribution in [2.45, 2.75) is 37.6 Å². The van der Waals surface area contributed by atoms with E-state index in [4.69, 9.17) is 9.47 Å². The summed E-state index contributed by atoms with van der Waals surface area (Å²) in [6, 6.07) is 3.65. The lowest BCUT2D eigenvalue weighted by Gasteiger charge is -2.26. The Morgan fingerprint density at radius 3 is 2.50 bits per heavy atom. The van der Waals surface area contributed by atoms with Crippen molar-refractivity contribution in [3.63, 3.8) is 0 Å². The number of fused-ring (bicyclic) bond motifs is 1. The second-order valence-electron chi connectivity index (χ2n) is 6.39. The molecule has 132 valence electrons. The Bertz CT molecular complexity index is 726. The monoisotopic (exact) mass is 354 g/mol. The number of nitrogens with one attached hydrogen (secondary N) is 1. The van der Waals surface area contributed by atoms with Crippen LogP contribution >= 0.6 is 0 Å². The van der Waals surface area contributed by atoms with Gasteiger partial charge in [-0.25, -0.2) is 8.42 Å². The van der Waals surface area contributed by atoms with E-state index in [9.17, 15) is 13.2 Å². The number of nitrogens with zero attached hydrogens (tertiary/aromatic N) is 1. The van der Waals surface area contributed by atoms with Crippen LogP contribution in [0.3, 0.4) is 0 Å². The fraction of sp³-hybridized carbons (Fsp3) is 0.562. The van der Waals surface area contributed by atoms with Crippen LogP contribution in [0, 0.1) is 5.92 Å². The van der Waals surface area contributed by atoms with Crippen LogP contribution in [0.1, 0.15) is 26.7 Å². The van der Waals surface area contributed by atoms with Crippen LogP contribution in [0.15, 0.2) is 23.1 Å². The fourth-order valence-electron chi connectivity index (χ4n) is 2.89. The van der Waals surface area contributed by atoms with Gasteiger partial charge in [0.05, 0.1) is 4.90 Å². The van der Waals surface area contributed by atoms with Gasteiger partial charge in [0.1, 0.15) is 6.04 Å². The molecule has 0 saturated carbocycles. The first-order chi connectivity index (χ1) is 11.4. The van der Waals surface area contributed by atoms with Gasteiger partial charge < -0.3 is 14.4 Å². The molecule has 8 heteroatoms. The van der Waals surface area contributed by atoms with E-state index in [1.807, 2.05) is 13.8 Å². The summed E-state index contributed by atoms with van der Waals surface area (Å²) < 4.78 is 38.4. The molecule has 1 fully saturated rings. The molecule has 1 saturated heterocycles. The molecule has 3 rings (SSSR count). The number of sulfonamides is 1. The molecule has 1 aromatic carbocycles. The summed E-state index contributed by atoms with van der Waals surface area (Å²) in [6.45, 7) is 5.12. The SMILES string of the molecule is CC(C)[C@H](NS(=O)(=O)c1ccc2c(c1)OCO2)C(=O)N1CCCC1. The van der Waals surface area contributed by atoms with Crippen LogP contribution in [-0.2, 0) is 14.8 Å². The molecule has 0 spiro atoms. The van der Waals surface area contributed by atoms with E-state index in [0.717, 1.165) is 12.8 Å². The Balaban J connectivity index is 1.81. The summed E-state index contributed by atoms with van der Waals surface area (Å²) in [4.78, 5) is 14.4. The number of ether oxygens (including phenoxy) is 2. The van der Waals surface area contributed by atoms with Crippen molar-refractivity contribution in [2.75, 3.05) is 19.9 Å². The molecule has 1 aromatic rings. The standard InChI is InChI=1S/C16H22N2O5S/c1-11(2)15(16(19)18-7-3-4-8-18)17-24(20,21)12-5-6-13-14(9-12)23-10-22-13/h5-6,9,11,15,17H,3-4,7-8,10H2,1-2H3/t15-/m0/s1. The molecule has 24 heavy (non-hydrogen) atoms. The summed E-state index contributed by atoms with van der Waals surface area (Å²) >= 11 is 0. The van der Waals surface area contributed by atoms with E-state index in [-0.39, 0.29) is 23.5 Å². The summed E-state index contributed by atoms with van der Waals surface area (Å²) in [5, 5.41) is 0. The minimum atomic E-state index is -3.83. The normalized spacial score (nSPS) is 18.2. The number of carbonyl (C=O) groups excluding carboxylic acids is 1. The lowest BCUT2D eigenvalue weighted by molar-refractivity contribution is -0.132. The fourth-order valence-corrected chi connectivity index (χ4v) is 4.24. The average molecular weight is 354 g/mol. The van der Waals surface area contributed by atoms with Crippen LogP contribution in [0.4, 0.5) is 0 Å². The maximum atomic E-state index is 12.7. The Labute approximate surface area is 142 Å². The minimum absolute atomic E-state index is 0.0617. The molecule has 0 radical (unpaired) electrons. The van der Waals surface area contributed by atoms with Crippen molar-refractivity contribution in [2.24, 2.45) is 5.92 Å². The molecule has 1 amide bonds. The van der Waals surface area contributed by atoms with Gasteiger partial charge in [-0.3, -0.25) is 4.79 Å². The highest BCUT2D eigenvalue weighted by Crippen LogP contribution is 2.33. The van der Waals surface area contributed by atoms with Gasteiger partial charge in [0.2, 0.25) is 22.7 Å². The van der Waals surface area contributed by atoms with E-state index in [0.29, 0.717) is 24.6 Å². The van der Waals surface area contributed by atoms with Crippen molar-refractivity contribution in [3.05, 3.63) is 18.2 Å². The number of rotatable bonds is 5. The topological polar surface area (TPSA) is 84.9 Å². The smallest absolute Gasteiger partial charge is 0.241 e. The second-order valence-corrected chi connectivity index (χ2v) is 8.10.